The van der Waals surface area contributed by atoms with Crippen LogP contribution in [0.15, 0.2) is 23.1 Å². The summed E-state index contributed by atoms with van der Waals surface area (Å²) < 4.78 is 26.3. The molecule has 1 aromatic rings. The van der Waals surface area contributed by atoms with E-state index < -0.39 is 22.0 Å². The Hall–Kier alpha value is -1.93. The number of aryl methyl sites for hydroxylation is 1. The first-order valence-electron chi connectivity index (χ1n) is 6.86. The van der Waals surface area contributed by atoms with Crippen LogP contribution in [0.1, 0.15) is 25.3 Å². The first-order valence-corrected chi connectivity index (χ1v) is 8.30. The molecule has 8 heteroatoms. The van der Waals surface area contributed by atoms with Gasteiger partial charge in [0.1, 0.15) is 6.04 Å². The molecule has 1 fully saturated rings. The third-order valence-corrected chi connectivity index (χ3v) is 5.52. The van der Waals surface area contributed by atoms with Gasteiger partial charge in [-0.05, 0) is 37.5 Å². The average Bonchev–Trinajstić information content (AvgIpc) is 2.90. The van der Waals surface area contributed by atoms with Gasteiger partial charge in [0.15, 0.2) is 0 Å². The van der Waals surface area contributed by atoms with E-state index in [-0.39, 0.29) is 17.3 Å². The Balaban J connectivity index is 2.41. The number of sulfonamides is 1. The number of benzene rings is 1. The minimum absolute atomic E-state index is 0.0185. The van der Waals surface area contributed by atoms with E-state index in [0.29, 0.717) is 18.5 Å². The Labute approximate surface area is 129 Å². The summed E-state index contributed by atoms with van der Waals surface area (Å²) in [5.74, 6) is -1.45. The zero-order chi connectivity index (χ0) is 16.5. The maximum atomic E-state index is 12.6. The lowest BCUT2D eigenvalue weighted by Gasteiger charge is -2.21. The fourth-order valence-electron chi connectivity index (χ4n) is 2.50. The number of carboxylic acids is 1. The molecular weight excluding hydrogens is 308 g/mol. The molecule has 0 aliphatic carbocycles. The van der Waals surface area contributed by atoms with Crippen LogP contribution in [0.2, 0.25) is 0 Å². The highest BCUT2D eigenvalue weighted by Crippen LogP contribution is 2.28. The molecule has 0 aromatic heterocycles. The summed E-state index contributed by atoms with van der Waals surface area (Å²) in [5, 5.41) is 11.7. The van der Waals surface area contributed by atoms with Gasteiger partial charge in [0.25, 0.3) is 0 Å². The van der Waals surface area contributed by atoms with Crippen molar-refractivity contribution >= 4 is 27.6 Å². The van der Waals surface area contributed by atoms with Crippen molar-refractivity contribution in [3.63, 3.8) is 0 Å². The molecule has 0 unspecified atom stereocenters. The maximum absolute atomic E-state index is 12.6. The van der Waals surface area contributed by atoms with Gasteiger partial charge in [-0.15, -0.1) is 0 Å². The van der Waals surface area contributed by atoms with Crippen molar-refractivity contribution in [3.8, 4) is 0 Å². The molecule has 2 N–H and O–H groups in total. The molecule has 1 aromatic carbocycles. The van der Waals surface area contributed by atoms with E-state index in [2.05, 4.69) is 5.32 Å². The van der Waals surface area contributed by atoms with E-state index in [9.17, 15) is 18.0 Å². The van der Waals surface area contributed by atoms with Crippen molar-refractivity contribution in [1.29, 1.82) is 0 Å². The number of nitrogens with zero attached hydrogens (tertiary/aromatic N) is 1. The lowest BCUT2D eigenvalue weighted by Crippen LogP contribution is -2.40. The fraction of sp³-hybridized carbons (Fsp3) is 0.429. The highest BCUT2D eigenvalue weighted by molar-refractivity contribution is 7.89. The van der Waals surface area contributed by atoms with Gasteiger partial charge in [0.05, 0.1) is 4.90 Å². The van der Waals surface area contributed by atoms with Crippen molar-refractivity contribution in [3.05, 3.63) is 23.8 Å². The number of amides is 1. The van der Waals surface area contributed by atoms with Crippen LogP contribution in [-0.4, -0.2) is 42.3 Å². The van der Waals surface area contributed by atoms with Crippen LogP contribution in [0.25, 0.3) is 0 Å². The summed E-state index contributed by atoms with van der Waals surface area (Å²) in [7, 11) is -3.91. The molecule has 0 radical (unpaired) electrons. The van der Waals surface area contributed by atoms with Crippen molar-refractivity contribution in [1.82, 2.24) is 4.31 Å². The second kappa shape index (κ2) is 6.05. The summed E-state index contributed by atoms with van der Waals surface area (Å²) in [6.07, 6.45) is 0.819. The number of hydrogen-bond donors (Lipinski definition) is 2. The lowest BCUT2D eigenvalue weighted by molar-refractivity contribution is -0.140. The maximum Gasteiger partial charge on any atom is 0.322 e. The highest BCUT2D eigenvalue weighted by atomic mass is 32.2. The summed E-state index contributed by atoms with van der Waals surface area (Å²) in [4.78, 5) is 22.4. The van der Waals surface area contributed by atoms with E-state index in [0.717, 1.165) is 9.87 Å². The first kappa shape index (κ1) is 16.4. The van der Waals surface area contributed by atoms with E-state index in [1.165, 1.54) is 19.1 Å². The van der Waals surface area contributed by atoms with Gasteiger partial charge < -0.3 is 10.4 Å². The predicted molar refractivity (Wildman–Crippen MR) is 80.0 cm³/mol. The summed E-state index contributed by atoms with van der Waals surface area (Å²) in [6.45, 7) is 3.27. The van der Waals surface area contributed by atoms with Crippen LogP contribution in [0.5, 0.6) is 0 Å². The zero-order valence-corrected chi connectivity index (χ0v) is 13.2. The Morgan fingerprint density at radius 3 is 2.64 bits per heavy atom. The number of carbonyl (C=O) groups excluding carboxylic acids is 1. The second-order valence-corrected chi connectivity index (χ2v) is 7.16. The summed E-state index contributed by atoms with van der Waals surface area (Å²) in [5.41, 5.74) is 1.13. The van der Waals surface area contributed by atoms with Crippen LogP contribution in [-0.2, 0) is 19.6 Å². The number of anilines is 1. The van der Waals surface area contributed by atoms with Gasteiger partial charge in [-0.25, -0.2) is 8.42 Å². The SMILES string of the molecule is CC(=O)Nc1cc(S(=O)(=O)N2CCC[C@@H]2C(=O)O)ccc1C. The van der Waals surface area contributed by atoms with E-state index >= 15 is 0 Å². The molecule has 1 aliphatic rings. The molecule has 7 nitrogen and oxygen atoms in total. The van der Waals surface area contributed by atoms with Gasteiger partial charge in [-0.2, -0.15) is 4.31 Å². The van der Waals surface area contributed by atoms with Crippen molar-refractivity contribution in [2.75, 3.05) is 11.9 Å². The average molecular weight is 326 g/mol. The Kier molecular flexibility index (Phi) is 4.52. The Morgan fingerprint density at radius 2 is 2.05 bits per heavy atom. The summed E-state index contributed by atoms with van der Waals surface area (Å²) >= 11 is 0. The van der Waals surface area contributed by atoms with Crippen LogP contribution < -0.4 is 5.32 Å². The number of nitrogens with one attached hydrogen (secondary N) is 1. The standard InChI is InChI=1S/C14H18N2O5S/c1-9-5-6-11(8-12(9)15-10(2)17)22(20,21)16-7-3-4-13(16)14(18)19/h5-6,8,13H,3-4,7H2,1-2H3,(H,15,17)(H,18,19)/t13-/m1/s1. The van der Waals surface area contributed by atoms with Crippen LogP contribution >= 0.6 is 0 Å². The molecule has 2 rings (SSSR count). The molecule has 0 saturated carbocycles. The van der Waals surface area contributed by atoms with Gasteiger partial charge in [-0.1, -0.05) is 6.07 Å². The molecule has 0 spiro atoms. The van der Waals surface area contributed by atoms with Gasteiger partial charge in [0.2, 0.25) is 15.9 Å². The highest BCUT2D eigenvalue weighted by Gasteiger charge is 2.39. The van der Waals surface area contributed by atoms with Crippen LogP contribution in [0.3, 0.4) is 0 Å². The lowest BCUT2D eigenvalue weighted by atomic mass is 10.2. The number of carbonyl (C=O) groups is 2. The monoisotopic (exact) mass is 326 g/mol. The van der Waals surface area contributed by atoms with Gasteiger partial charge in [-0.3, -0.25) is 9.59 Å². The second-order valence-electron chi connectivity index (χ2n) is 5.27. The molecule has 1 aliphatic heterocycles. The zero-order valence-electron chi connectivity index (χ0n) is 12.4. The molecule has 1 amide bonds. The normalized spacial score (nSPS) is 19.1. The molecule has 0 bridgehead atoms. The molecule has 1 atom stereocenters. The topological polar surface area (TPSA) is 104 Å². The van der Waals surface area contributed by atoms with E-state index in [1.807, 2.05) is 0 Å². The predicted octanol–water partition coefficient (Wildman–Crippen LogP) is 1.19. The number of aliphatic carboxylic acids is 1. The minimum atomic E-state index is -3.91. The smallest absolute Gasteiger partial charge is 0.322 e. The van der Waals surface area contributed by atoms with Crippen molar-refractivity contribution < 1.29 is 23.1 Å². The van der Waals surface area contributed by atoms with Crippen LogP contribution in [0, 0.1) is 6.92 Å². The van der Waals surface area contributed by atoms with E-state index in [4.69, 9.17) is 5.11 Å². The van der Waals surface area contributed by atoms with Crippen molar-refractivity contribution in [2.45, 2.75) is 37.6 Å². The van der Waals surface area contributed by atoms with Gasteiger partial charge >= 0.3 is 5.97 Å². The Morgan fingerprint density at radius 1 is 1.36 bits per heavy atom. The van der Waals surface area contributed by atoms with E-state index in [1.54, 1.807) is 13.0 Å². The molecule has 1 heterocycles. The fourth-order valence-corrected chi connectivity index (χ4v) is 4.17. The molecule has 120 valence electrons. The molecule has 1 saturated heterocycles. The molecular formula is C14H18N2O5S. The first-order chi connectivity index (χ1) is 10.2. The third-order valence-electron chi connectivity index (χ3n) is 3.62. The van der Waals surface area contributed by atoms with Crippen molar-refractivity contribution in [2.24, 2.45) is 0 Å². The number of carboxylic acid groups (broad SMARTS) is 1. The quantitative estimate of drug-likeness (QED) is 0.865. The van der Waals surface area contributed by atoms with Gasteiger partial charge in [0, 0.05) is 19.2 Å². The largest absolute Gasteiger partial charge is 0.480 e. The number of rotatable bonds is 4. The Bertz CT molecular complexity index is 714. The molecule has 22 heavy (non-hydrogen) atoms. The summed E-state index contributed by atoms with van der Waals surface area (Å²) in [6, 6.07) is 3.34. The third kappa shape index (κ3) is 3.12. The number of hydrogen-bond acceptors (Lipinski definition) is 4. The van der Waals surface area contributed by atoms with Crippen LogP contribution in [0.4, 0.5) is 5.69 Å². The minimum Gasteiger partial charge on any atom is -0.480 e.